The molecule has 32 heavy (non-hydrogen) atoms. The number of fused-ring (bicyclic) bond motifs is 1. The summed E-state index contributed by atoms with van der Waals surface area (Å²) in [5.41, 5.74) is -0.725. The molecule has 0 saturated carbocycles. The quantitative estimate of drug-likeness (QED) is 0.296. The number of hydrogen-bond donors (Lipinski definition) is 2. The van der Waals surface area contributed by atoms with Gasteiger partial charge in [0, 0.05) is 15.8 Å². The number of nitrogens with zero attached hydrogens (tertiary/aromatic N) is 1. The van der Waals surface area contributed by atoms with Crippen LogP contribution in [0.3, 0.4) is 0 Å². The molecule has 0 spiro atoms. The summed E-state index contributed by atoms with van der Waals surface area (Å²) >= 11 is 2.88. The summed E-state index contributed by atoms with van der Waals surface area (Å²) < 4.78 is 85.3. The van der Waals surface area contributed by atoms with Crippen LogP contribution in [0.1, 0.15) is 5.56 Å². The third-order valence-electron chi connectivity index (χ3n) is 4.31. The number of anilines is 3. The largest absolute Gasteiger partial charge is 0.423 e. The van der Waals surface area contributed by atoms with Gasteiger partial charge in [0.05, 0.1) is 10.5 Å². The maximum absolute atomic E-state index is 13.3. The monoisotopic (exact) mass is 529 g/mol. The van der Waals surface area contributed by atoms with E-state index in [1.807, 2.05) is 0 Å². The van der Waals surface area contributed by atoms with Crippen LogP contribution in [-0.4, -0.2) is 13.4 Å². The lowest BCUT2D eigenvalue weighted by Gasteiger charge is -2.09. The molecule has 4 aromatic rings. The zero-order chi connectivity index (χ0) is 23.1. The fraction of sp³-hybridized carbons (Fsp3) is 0.0500. The normalized spacial score (nSPS) is 12.2. The van der Waals surface area contributed by atoms with Crippen molar-refractivity contribution in [2.24, 2.45) is 0 Å². The Morgan fingerprint density at radius 1 is 0.906 bits per heavy atom. The number of halogens is 5. The Morgan fingerprint density at radius 3 is 2.16 bits per heavy atom. The number of nitrogens with one attached hydrogen (secondary N) is 2. The van der Waals surface area contributed by atoms with E-state index >= 15 is 0 Å². The third-order valence-corrected chi connectivity index (χ3v) is 6.36. The van der Waals surface area contributed by atoms with Crippen molar-refractivity contribution in [1.82, 2.24) is 4.98 Å². The van der Waals surface area contributed by atoms with Crippen LogP contribution >= 0.6 is 15.9 Å². The second-order valence-corrected chi connectivity index (χ2v) is 9.08. The van der Waals surface area contributed by atoms with Crippen LogP contribution in [0, 0.1) is 5.82 Å². The predicted molar refractivity (Wildman–Crippen MR) is 114 cm³/mol. The predicted octanol–water partition coefficient (Wildman–Crippen LogP) is 6.29. The minimum Gasteiger partial charge on any atom is -0.423 e. The first-order valence-electron chi connectivity index (χ1n) is 8.85. The zero-order valence-electron chi connectivity index (χ0n) is 15.7. The Morgan fingerprint density at radius 2 is 1.53 bits per heavy atom. The number of sulfonamides is 1. The summed E-state index contributed by atoms with van der Waals surface area (Å²) in [6.07, 6.45) is -4.63. The van der Waals surface area contributed by atoms with Gasteiger partial charge in [-0.05, 0) is 60.7 Å². The second kappa shape index (κ2) is 8.10. The van der Waals surface area contributed by atoms with Crippen LogP contribution in [0.5, 0.6) is 0 Å². The van der Waals surface area contributed by atoms with Crippen LogP contribution in [0.2, 0.25) is 0 Å². The Balaban J connectivity index is 1.54. The molecule has 0 aliphatic rings. The Hall–Kier alpha value is -3.12. The van der Waals surface area contributed by atoms with Gasteiger partial charge in [-0.15, -0.1) is 0 Å². The van der Waals surface area contributed by atoms with Gasteiger partial charge in [0.15, 0.2) is 5.58 Å². The topological polar surface area (TPSA) is 84.2 Å². The van der Waals surface area contributed by atoms with Crippen molar-refractivity contribution < 1.29 is 30.4 Å². The molecular weight excluding hydrogens is 518 g/mol. The van der Waals surface area contributed by atoms with Crippen molar-refractivity contribution in [2.45, 2.75) is 11.1 Å². The SMILES string of the molecule is O=S(=O)(Nc1ccc(Nc2nc3c(C(F)(F)F)c(Br)ccc3o2)cc1)c1ccc(F)cc1. The highest BCUT2D eigenvalue weighted by Crippen LogP contribution is 2.40. The molecule has 1 aromatic heterocycles. The third kappa shape index (κ3) is 4.55. The fourth-order valence-electron chi connectivity index (χ4n) is 2.87. The molecule has 0 saturated heterocycles. The van der Waals surface area contributed by atoms with Gasteiger partial charge in [0.1, 0.15) is 11.3 Å². The summed E-state index contributed by atoms with van der Waals surface area (Å²) in [6, 6.07) is 12.6. The summed E-state index contributed by atoms with van der Waals surface area (Å²) in [5.74, 6) is -0.562. The van der Waals surface area contributed by atoms with Crippen molar-refractivity contribution in [1.29, 1.82) is 0 Å². The summed E-state index contributed by atoms with van der Waals surface area (Å²) in [7, 11) is -3.92. The van der Waals surface area contributed by atoms with E-state index in [1.54, 1.807) is 0 Å². The van der Waals surface area contributed by atoms with Crippen molar-refractivity contribution in [2.75, 3.05) is 10.0 Å². The number of alkyl halides is 3. The smallest absolute Gasteiger partial charge is 0.419 e. The van der Waals surface area contributed by atoms with E-state index < -0.39 is 27.6 Å². The van der Waals surface area contributed by atoms with Gasteiger partial charge in [-0.3, -0.25) is 4.72 Å². The molecule has 0 fully saturated rings. The Bertz CT molecular complexity index is 1390. The molecule has 3 aromatic carbocycles. The molecule has 0 aliphatic carbocycles. The Kier molecular flexibility index (Phi) is 5.59. The highest BCUT2D eigenvalue weighted by atomic mass is 79.9. The molecule has 166 valence electrons. The summed E-state index contributed by atoms with van der Waals surface area (Å²) in [5, 5.41) is 2.74. The van der Waals surface area contributed by atoms with Gasteiger partial charge >= 0.3 is 6.18 Å². The minimum absolute atomic E-state index is 0.0493. The first kappa shape index (κ1) is 22.1. The van der Waals surface area contributed by atoms with E-state index in [2.05, 4.69) is 31.0 Å². The fourth-order valence-corrected chi connectivity index (χ4v) is 4.47. The minimum atomic E-state index is -4.63. The second-order valence-electron chi connectivity index (χ2n) is 6.55. The van der Waals surface area contributed by atoms with E-state index in [0.717, 1.165) is 24.3 Å². The molecule has 0 atom stereocenters. The number of hydrogen-bond acceptors (Lipinski definition) is 5. The molecule has 6 nitrogen and oxygen atoms in total. The first-order chi connectivity index (χ1) is 15.0. The molecule has 2 N–H and O–H groups in total. The molecule has 0 radical (unpaired) electrons. The molecule has 1 heterocycles. The molecule has 0 aliphatic heterocycles. The highest BCUT2D eigenvalue weighted by molar-refractivity contribution is 9.10. The van der Waals surface area contributed by atoms with Crippen molar-refractivity contribution in [3.05, 3.63) is 76.5 Å². The number of benzene rings is 3. The lowest BCUT2D eigenvalue weighted by Crippen LogP contribution is -2.12. The lowest BCUT2D eigenvalue weighted by molar-refractivity contribution is -0.137. The van der Waals surface area contributed by atoms with E-state index in [4.69, 9.17) is 4.42 Å². The standard InChI is InChI=1S/C20H12BrF4N3O3S/c21-15-9-10-16-18(17(15)20(23,24)25)27-19(31-16)26-12-3-5-13(6-4-12)28-32(29,30)14-7-1-11(22)2-8-14/h1-10,28H,(H,26,27). The van der Waals surface area contributed by atoms with Gasteiger partial charge in [-0.25, -0.2) is 12.8 Å². The average molecular weight is 530 g/mol. The molecule has 0 bridgehead atoms. The molecule has 0 unspecified atom stereocenters. The number of oxazole rings is 1. The Labute approximate surface area is 187 Å². The summed E-state index contributed by atoms with van der Waals surface area (Å²) in [4.78, 5) is 3.78. The van der Waals surface area contributed by atoms with Gasteiger partial charge in [-0.1, -0.05) is 15.9 Å². The number of rotatable bonds is 5. The van der Waals surface area contributed by atoms with Crippen molar-refractivity contribution in [3.63, 3.8) is 0 Å². The summed E-state index contributed by atoms with van der Waals surface area (Å²) in [6.45, 7) is 0. The van der Waals surface area contributed by atoms with E-state index in [1.165, 1.54) is 36.4 Å². The zero-order valence-corrected chi connectivity index (χ0v) is 18.1. The average Bonchev–Trinajstić information content (AvgIpc) is 3.10. The maximum atomic E-state index is 13.3. The molecular formula is C20H12BrF4N3O3S. The van der Waals surface area contributed by atoms with Gasteiger partial charge in [0.2, 0.25) is 0 Å². The van der Waals surface area contributed by atoms with Gasteiger partial charge < -0.3 is 9.73 Å². The molecule has 0 amide bonds. The van der Waals surface area contributed by atoms with E-state index in [-0.39, 0.29) is 32.2 Å². The van der Waals surface area contributed by atoms with E-state index in [9.17, 15) is 26.0 Å². The van der Waals surface area contributed by atoms with Gasteiger partial charge in [-0.2, -0.15) is 18.2 Å². The van der Waals surface area contributed by atoms with Crippen LogP contribution in [0.15, 0.2) is 74.4 Å². The van der Waals surface area contributed by atoms with Crippen molar-refractivity contribution >= 4 is 54.4 Å². The highest BCUT2D eigenvalue weighted by Gasteiger charge is 2.37. The van der Waals surface area contributed by atoms with Crippen LogP contribution < -0.4 is 10.0 Å². The van der Waals surface area contributed by atoms with Crippen LogP contribution in [-0.2, 0) is 16.2 Å². The van der Waals surface area contributed by atoms with Gasteiger partial charge in [0.25, 0.3) is 16.0 Å². The number of aromatic nitrogens is 1. The van der Waals surface area contributed by atoms with Crippen molar-refractivity contribution in [3.8, 4) is 0 Å². The molecule has 4 rings (SSSR count). The lowest BCUT2D eigenvalue weighted by atomic mass is 10.2. The van der Waals surface area contributed by atoms with E-state index in [0.29, 0.717) is 5.69 Å². The maximum Gasteiger partial charge on any atom is 0.419 e. The van der Waals surface area contributed by atoms with Crippen LogP contribution in [0.25, 0.3) is 11.1 Å². The van der Waals surface area contributed by atoms with Crippen LogP contribution in [0.4, 0.5) is 35.0 Å². The molecule has 12 heteroatoms. The first-order valence-corrected chi connectivity index (χ1v) is 11.1.